The summed E-state index contributed by atoms with van der Waals surface area (Å²) in [4.78, 5) is 27.7. The van der Waals surface area contributed by atoms with Crippen LogP contribution in [0.25, 0.3) is 0 Å². The van der Waals surface area contributed by atoms with Gasteiger partial charge in [-0.25, -0.2) is 18.7 Å². The number of alkyl halides is 2. The van der Waals surface area contributed by atoms with E-state index < -0.39 is 17.8 Å². The number of hydrogen-bond donors (Lipinski definition) is 1. The van der Waals surface area contributed by atoms with Crippen molar-refractivity contribution in [2.24, 2.45) is 18.9 Å². The molecule has 0 bridgehead atoms. The van der Waals surface area contributed by atoms with Crippen molar-refractivity contribution in [3.63, 3.8) is 0 Å². The van der Waals surface area contributed by atoms with E-state index in [0.29, 0.717) is 25.3 Å². The van der Waals surface area contributed by atoms with Crippen LogP contribution in [-0.2, 0) is 20.0 Å². The van der Waals surface area contributed by atoms with E-state index in [2.05, 4.69) is 20.3 Å². The predicted octanol–water partition coefficient (Wildman–Crippen LogP) is 2.18. The molecular weight excluding hydrogens is 416 g/mol. The van der Waals surface area contributed by atoms with Gasteiger partial charge in [0.1, 0.15) is 5.69 Å². The van der Waals surface area contributed by atoms with Crippen molar-refractivity contribution in [1.29, 1.82) is 0 Å². The van der Waals surface area contributed by atoms with Crippen molar-refractivity contribution < 1.29 is 13.6 Å². The smallest absolute Gasteiger partial charge is 0.272 e. The number of rotatable bonds is 5. The van der Waals surface area contributed by atoms with Gasteiger partial charge in [0.05, 0.1) is 60.3 Å². The zero-order valence-electron chi connectivity index (χ0n) is 17.6. The summed E-state index contributed by atoms with van der Waals surface area (Å²) in [7, 11) is 1.96. The molecule has 32 heavy (non-hydrogen) atoms. The average Bonchev–Trinajstić information content (AvgIpc) is 3.41. The van der Waals surface area contributed by atoms with Gasteiger partial charge in [-0.3, -0.25) is 9.78 Å². The van der Waals surface area contributed by atoms with Crippen molar-refractivity contribution >= 4 is 11.6 Å². The van der Waals surface area contributed by atoms with Gasteiger partial charge in [-0.2, -0.15) is 0 Å². The first-order valence-corrected chi connectivity index (χ1v) is 10.8. The van der Waals surface area contributed by atoms with E-state index >= 15 is 0 Å². The molecule has 0 radical (unpaired) electrons. The summed E-state index contributed by atoms with van der Waals surface area (Å²) >= 11 is 0. The lowest BCUT2D eigenvalue weighted by Gasteiger charge is -2.21. The second kappa shape index (κ2) is 6.85. The van der Waals surface area contributed by atoms with Gasteiger partial charge in [-0.1, -0.05) is 0 Å². The highest BCUT2D eigenvalue weighted by Crippen LogP contribution is 2.59. The number of hydrogen-bond acceptors (Lipinski definition) is 5. The molecule has 2 fully saturated rings. The Kier molecular flexibility index (Phi) is 4.15. The third kappa shape index (κ3) is 3.08. The Labute approximate surface area is 183 Å². The molecule has 8 nitrogen and oxygen atoms in total. The number of aromatic nitrogens is 5. The van der Waals surface area contributed by atoms with E-state index in [1.165, 1.54) is 0 Å². The minimum absolute atomic E-state index is 0.0883. The normalized spacial score (nSPS) is 25.0. The highest BCUT2D eigenvalue weighted by atomic mass is 19.3. The van der Waals surface area contributed by atoms with Crippen molar-refractivity contribution in [1.82, 2.24) is 29.4 Å². The molecular formula is C22H23F2N7O. The van der Waals surface area contributed by atoms with Crippen LogP contribution in [0.15, 0.2) is 37.2 Å². The third-order valence-corrected chi connectivity index (χ3v) is 6.98. The van der Waals surface area contributed by atoms with Gasteiger partial charge in [-0.05, 0) is 25.0 Å². The lowest BCUT2D eigenvalue weighted by atomic mass is 10.2. The standard InChI is InChI=1S/C22H23F2N7O/c1-29-11-27-20-17(4-5-19(20)29)28-21(32)18-10-30(12-26-18)7-13-2-3-14(6-25-13)31-8-15-16(9-31)22(15,23)24/h2-3,6,10-12,15-17H,4-5,7-9H2,1H3,(H,28,32)/t15?,16?,17-/m1/s1. The number of pyridine rings is 1. The average molecular weight is 439 g/mol. The van der Waals surface area contributed by atoms with Crippen LogP contribution in [0.5, 0.6) is 0 Å². The zero-order valence-corrected chi connectivity index (χ0v) is 17.6. The van der Waals surface area contributed by atoms with Crippen molar-refractivity contribution in [3.05, 3.63) is 60.0 Å². The highest BCUT2D eigenvalue weighted by Gasteiger charge is 2.71. The van der Waals surface area contributed by atoms with E-state index in [0.717, 1.165) is 35.6 Å². The molecule has 4 heterocycles. The van der Waals surface area contributed by atoms with Crippen LogP contribution < -0.4 is 10.2 Å². The SMILES string of the molecule is Cn1cnc2c1CC[C@H]2NC(=O)c1cn(Cc2ccc(N3CC4C(C3)C4(F)F)cn2)cn1. The minimum atomic E-state index is -2.48. The number of imidazole rings is 2. The number of aryl methyl sites for hydroxylation is 1. The van der Waals surface area contributed by atoms with Crippen LogP contribution >= 0.6 is 0 Å². The molecule has 166 valence electrons. The number of amides is 1. The van der Waals surface area contributed by atoms with Crippen LogP contribution in [0.4, 0.5) is 14.5 Å². The van der Waals surface area contributed by atoms with Gasteiger partial charge < -0.3 is 19.4 Å². The van der Waals surface area contributed by atoms with Crippen molar-refractivity contribution in [3.8, 4) is 0 Å². The van der Waals surface area contributed by atoms with Gasteiger partial charge in [0.15, 0.2) is 0 Å². The number of anilines is 1. The van der Waals surface area contributed by atoms with Gasteiger partial charge in [0, 0.05) is 32.0 Å². The van der Waals surface area contributed by atoms with Gasteiger partial charge in [0.2, 0.25) is 0 Å². The summed E-state index contributed by atoms with van der Waals surface area (Å²) in [6.45, 7) is 1.25. The Morgan fingerprint density at radius 2 is 2.00 bits per heavy atom. The Morgan fingerprint density at radius 3 is 2.75 bits per heavy atom. The molecule has 10 heteroatoms. The van der Waals surface area contributed by atoms with E-state index in [-0.39, 0.29) is 11.9 Å². The van der Waals surface area contributed by atoms with Crippen LogP contribution in [0.2, 0.25) is 0 Å². The maximum absolute atomic E-state index is 13.4. The summed E-state index contributed by atoms with van der Waals surface area (Å²) in [5.74, 6) is -3.72. The zero-order chi connectivity index (χ0) is 22.0. The molecule has 3 aromatic heterocycles. The van der Waals surface area contributed by atoms with Crippen LogP contribution in [0, 0.1) is 11.8 Å². The molecule has 1 amide bonds. The fraction of sp³-hybridized carbons (Fsp3) is 0.455. The maximum atomic E-state index is 13.4. The summed E-state index contributed by atoms with van der Waals surface area (Å²) < 4.78 is 30.6. The first kappa shape index (κ1) is 19.4. The Hall–Kier alpha value is -3.30. The van der Waals surface area contributed by atoms with Gasteiger partial charge in [-0.15, -0.1) is 0 Å². The number of nitrogens with one attached hydrogen (secondary N) is 1. The lowest BCUT2D eigenvalue weighted by molar-refractivity contribution is 0.0797. The predicted molar refractivity (Wildman–Crippen MR) is 111 cm³/mol. The molecule has 0 spiro atoms. The Bertz CT molecular complexity index is 1170. The topological polar surface area (TPSA) is 80.9 Å². The molecule has 3 aliphatic rings. The van der Waals surface area contributed by atoms with Crippen molar-refractivity contribution in [2.75, 3.05) is 18.0 Å². The maximum Gasteiger partial charge on any atom is 0.272 e. The first-order valence-electron chi connectivity index (χ1n) is 10.8. The largest absolute Gasteiger partial charge is 0.369 e. The summed E-state index contributed by atoms with van der Waals surface area (Å²) in [5.41, 5.74) is 4.12. The number of carbonyl (C=O) groups excluding carboxylic acids is 1. The number of nitrogens with zero attached hydrogens (tertiary/aromatic N) is 6. The molecule has 2 aliphatic carbocycles. The lowest BCUT2D eigenvalue weighted by Crippen LogP contribution is -2.27. The van der Waals surface area contributed by atoms with Crippen molar-refractivity contribution in [2.45, 2.75) is 31.4 Å². The minimum Gasteiger partial charge on any atom is -0.369 e. The van der Waals surface area contributed by atoms with Crippen LogP contribution in [0.3, 0.4) is 0 Å². The van der Waals surface area contributed by atoms with E-state index in [9.17, 15) is 13.6 Å². The molecule has 6 rings (SSSR count). The Morgan fingerprint density at radius 1 is 1.19 bits per heavy atom. The molecule has 2 unspecified atom stereocenters. The van der Waals surface area contributed by atoms with Gasteiger partial charge >= 0.3 is 0 Å². The Balaban J connectivity index is 1.07. The van der Waals surface area contributed by atoms with E-state index in [1.54, 1.807) is 25.0 Å². The number of carbonyl (C=O) groups is 1. The number of fused-ring (bicyclic) bond motifs is 2. The number of piperidine rings is 1. The second-order valence-corrected chi connectivity index (χ2v) is 8.98. The highest BCUT2D eigenvalue weighted by molar-refractivity contribution is 5.92. The van der Waals surface area contributed by atoms with Gasteiger partial charge in [0.25, 0.3) is 11.8 Å². The summed E-state index contributed by atoms with van der Waals surface area (Å²) in [6.07, 6.45) is 8.56. The molecule has 3 aromatic rings. The van der Waals surface area contributed by atoms with Crippen LogP contribution in [0.1, 0.15) is 40.0 Å². The fourth-order valence-corrected chi connectivity index (χ4v) is 5.03. The fourth-order valence-electron chi connectivity index (χ4n) is 5.03. The second-order valence-electron chi connectivity index (χ2n) is 8.98. The van der Waals surface area contributed by atoms with E-state index in [4.69, 9.17) is 0 Å². The molecule has 0 aromatic carbocycles. The summed E-state index contributed by atoms with van der Waals surface area (Å²) in [5, 5.41) is 3.03. The molecule has 1 aliphatic heterocycles. The van der Waals surface area contributed by atoms with E-state index in [1.807, 2.05) is 33.2 Å². The molecule has 1 saturated heterocycles. The molecule has 1 N–H and O–H groups in total. The quantitative estimate of drug-likeness (QED) is 0.659. The molecule has 1 saturated carbocycles. The molecule has 3 atom stereocenters. The number of halogens is 2. The monoisotopic (exact) mass is 439 g/mol. The van der Waals surface area contributed by atoms with Crippen LogP contribution in [-0.4, -0.2) is 49.0 Å². The first-order chi connectivity index (χ1) is 15.4. The third-order valence-electron chi connectivity index (χ3n) is 6.98. The summed E-state index contributed by atoms with van der Waals surface area (Å²) in [6, 6.07) is 3.72.